The number of benzene rings is 1. The molecule has 0 aliphatic rings. The van der Waals surface area contributed by atoms with Crippen LogP contribution in [0.2, 0.25) is 0 Å². The van der Waals surface area contributed by atoms with E-state index in [1.54, 1.807) is 6.21 Å². The van der Waals surface area contributed by atoms with Crippen LogP contribution in [0.4, 0.5) is 0 Å². The first kappa shape index (κ1) is 14.1. The van der Waals surface area contributed by atoms with Crippen LogP contribution in [0.25, 0.3) is 10.9 Å². The first-order valence-corrected chi connectivity index (χ1v) is 4.48. The van der Waals surface area contributed by atoms with Crippen molar-refractivity contribution in [2.45, 2.75) is 0 Å². The Hall–Kier alpha value is -2.86. The van der Waals surface area contributed by atoms with Crippen molar-refractivity contribution < 1.29 is 0 Å². The maximum Gasteiger partial charge on any atom is 0.0679 e. The molecule has 0 saturated heterocycles. The van der Waals surface area contributed by atoms with Crippen LogP contribution in [0, 0.1) is 23.7 Å². The lowest BCUT2D eigenvalue weighted by molar-refractivity contribution is 0.797. The summed E-state index contributed by atoms with van der Waals surface area (Å²) in [5.74, 6) is 5.06. The average molecular weight is 228 g/mol. The molecular weight excluding hydrogens is 216 g/mol. The molecule has 2 rings (SSSR count). The number of hydrogen-bond acceptors (Lipinski definition) is 5. The van der Waals surface area contributed by atoms with Gasteiger partial charge >= 0.3 is 0 Å². The molecule has 0 amide bonds. The molecule has 0 aliphatic carbocycles. The van der Waals surface area contributed by atoms with E-state index >= 15 is 0 Å². The van der Waals surface area contributed by atoms with Gasteiger partial charge in [0.1, 0.15) is 0 Å². The second-order valence-electron chi connectivity index (χ2n) is 2.86. The second kappa shape index (κ2) is 7.43. The predicted molar refractivity (Wildman–Crippen MR) is 65.8 cm³/mol. The van der Waals surface area contributed by atoms with Gasteiger partial charge in [0.15, 0.2) is 0 Å². The Morgan fingerprint density at radius 1 is 1.35 bits per heavy atom. The molecule has 17 heavy (non-hydrogen) atoms. The summed E-state index contributed by atoms with van der Waals surface area (Å²) in [5, 5.41) is 21.7. The lowest BCUT2D eigenvalue weighted by Crippen LogP contribution is -1.89. The number of rotatable bonds is 1. The van der Waals surface area contributed by atoms with Crippen molar-refractivity contribution in [2.24, 2.45) is 18.0 Å². The van der Waals surface area contributed by atoms with Crippen molar-refractivity contribution in [3.63, 3.8) is 0 Å². The number of nitrogens with zero attached hydrogens (tertiary/aromatic N) is 5. The lowest BCUT2D eigenvalue weighted by Gasteiger charge is -1.94. The Morgan fingerprint density at radius 2 is 2.00 bits per heavy atom. The summed E-state index contributed by atoms with van der Waals surface area (Å²) >= 11 is 0. The first-order valence-electron chi connectivity index (χ1n) is 4.48. The maximum absolute atomic E-state index is 6.50. The van der Waals surface area contributed by atoms with Gasteiger partial charge in [0.2, 0.25) is 0 Å². The molecule has 0 bridgehead atoms. The summed E-state index contributed by atoms with van der Waals surface area (Å²) < 4.78 is 1.83. The quantitative estimate of drug-likeness (QED) is 0.449. The van der Waals surface area contributed by atoms with Gasteiger partial charge in [-0.3, -0.25) is 4.68 Å². The molecular formula is C11H12N6. The van der Waals surface area contributed by atoms with Crippen molar-refractivity contribution in [1.82, 2.24) is 9.78 Å². The van der Waals surface area contributed by atoms with Crippen LogP contribution in [0.5, 0.6) is 0 Å². The number of hydrazone groups is 1. The maximum atomic E-state index is 6.50. The highest BCUT2D eigenvalue weighted by Gasteiger charge is 1.98. The highest BCUT2D eigenvalue weighted by atomic mass is 15.2. The Labute approximate surface area is 99.2 Å². The molecule has 1 heterocycles. The predicted octanol–water partition coefficient (Wildman–Crippen LogP) is 1.15. The smallest absolute Gasteiger partial charge is 0.0679 e. The van der Waals surface area contributed by atoms with Crippen LogP contribution >= 0.6 is 0 Å². The number of aromatic nitrogens is 2. The lowest BCUT2D eigenvalue weighted by atomic mass is 10.2. The van der Waals surface area contributed by atoms with Crippen molar-refractivity contribution in [3.8, 4) is 13.1 Å². The fraction of sp³-hybridized carbons (Fsp3) is 0.0909. The fourth-order valence-corrected chi connectivity index (χ4v) is 1.35. The number of hydrogen-bond donors (Lipinski definition) is 1. The Kier molecular flexibility index (Phi) is 6.18. The van der Waals surface area contributed by atoms with Gasteiger partial charge in [-0.05, 0) is 17.7 Å². The molecule has 0 saturated carbocycles. The molecule has 0 unspecified atom stereocenters. The largest absolute Gasteiger partial charge is 0.323 e. The minimum Gasteiger partial charge on any atom is -0.323 e. The van der Waals surface area contributed by atoms with E-state index in [-0.39, 0.29) is 0 Å². The number of fused-ring (bicyclic) bond motifs is 1. The monoisotopic (exact) mass is 228 g/mol. The molecule has 6 nitrogen and oxygen atoms in total. The van der Waals surface area contributed by atoms with E-state index in [1.807, 2.05) is 36.1 Å². The van der Waals surface area contributed by atoms with Gasteiger partial charge in [-0.2, -0.15) is 10.2 Å². The van der Waals surface area contributed by atoms with Crippen LogP contribution in [0.3, 0.4) is 0 Å². The van der Waals surface area contributed by atoms with Gasteiger partial charge in [-0.1, -0.05) is 6.07 Å². The zero-order chi connectivity index (χ0) is 13.3. The number of nitriles is 2. The van der Waals surface area contributed by atoms with E-state index in [2.05, 4.69) is 23.3 Å². The van der Waals surface area contributed by atoms with E-state index in [0.717, 1.165) is 16.5 Å². The fourth-order valence-electron chi connectivity index (χ4n) is 1.35. The summed E-state index contributed by atoms with van der Waals surface area (Å²) in [5.41, 5.74) is 2.09. The molecule has 0 aliphatic heterocycles. The molecule has 0 radical (unpaired) electrons. The van der Waals surface area contributed by atoms with Crippen molar-refractivity contribution in [3.05, 3.63) is 30.0 Å². The summed E-state index contributed by atoms with van der Waals surface area (Å²) in [4.78, 5) is 0. The van der Waals surface area contributed by atoms with E-state index in [0.29, 0.717) is 0 Å². The van der Waals surface area contributed by atoms with Crippen LogP contribution in [-0.2, 0) is 7.05 Å². The standard InChI is InChI=1S/C9H10N4.2CHN/c1-13-9-3-2-7(5-11-10)4-8(9)6-12-13;2*1-2/h2-6H,10H2,1H3;2*1H. The highest BCUT2D eigenvalue weighted by molar-refractivity contribution is 5.88. The van der Waals surface area contributed by atoms with Crippen molar-refractivity contribution in [1.29, 1.82) is 10.5 Å². The molecule has 86 valence electrons. The van der Waals surface area contributed by atoms with Gasteiger partial charge in [0, 0.05) is 25.6 Å². The molecule has 2 aromatic rings. The molecule has 2 N–H and O–H groups in total. The van der Waals surface area contributed by atoms with Gasteiger partial charge in [0.05, 0.1) is 17.9 Å². The minimum atomic E-state index is 0.989. The first-order chi connectivity index (χ1) is 8.31. The highest BCUT2D eigenvalue weighted by Crippen LogP contribution is 2.13. The Morgan fingerprint density at radius 3 is 2.59 bits per heavy atom. The Balaban J connectivity index is 0.000000581. The molecule has 0 spiro atoms. The third kappa shape index (κ3) is 3.33. The topological polar surface area (TPSA) is 104 Å². The van der Waals surface area contributed by atoms with Gasteiger partial charge < -0.3 is 5.84 Å². The van der Waals surface area contributed by atoms with Gasteiger partial charge in [-0.25, -0.2) is 10.5 Å². The third-order valence-electron chi connectivity index (χ3n) is 1.99. The number of aryl methyl sites for hydroxylation is 1. The molecule has 1 aromatic carbocycles. The number of nitrogens with two attached hydrogens (primary N) is 1. The summed E-state index contributed by atoms with van der Waals surface area (Å²) in [6.45, 7) is 7.00. The van der Waals surface area contributed by atoms with Crippen LogP contribution in [0.15, 0.2) is 29.5 Å². The van der Waals surface area contributed by atoms with E-state index in [9.17, 15) is 0 Å². The summed E-state index contributed by atoms with van der Waals surface area (Å²) in [7, 11) is 1.92. The SMILES string of the molecule is C#N.C#N.Cn1ncc2cc(C=NN)ccc21. The Bertz CT molecular complexity index is 528. The van der Waals surface area contributed by atoms with Gasteiger partial charge in [0.25, 0.3) is 0 Å². The molecule has 0 atom stereocenters. The molecule has 6 heteroatoms. The third-order valence-corrected chi connectivity index (χ3v) is 1.99. The second-order valence-corrected chi connectivity index (χ2v) is 2.86. The molecule has 1 aromatic heterocycles. The minimum absolute atomic E-state index is 0.989. The van der Waals surface area contributed by atoms with Crippen molar-refractivity contribution >= 4 is 17.1 Å². The van der Waals surface area contributed by atoms with E-state index in [1.165, 1.54) is 0 Å². The zero-order valence-electron chi connectivity index (χ0n) is 9.35. The van der Waals surface area contributed by atoms with E-state index < -0.39 is 0 Å². The normalized spacial score (nSPS) is 9.00. The van der Waals surface area contributed by atoms with E-state index in [4.69, 9.17) is 16.4 Å². The van der Waals surface area contributed by atoms with Crippen LogP contribution in [0.1, 0.15) is 5.56 Å². The zero-order valence-corrected chi connectivity index (χ0v) is 9.35. The average Bonchev–Trinajstić information content (AvgIpc) is 2.76. The van der Waals surface area contributed by atoms with Crippen LogP contribution in [-0.4, -0.2) is 16.0 Å². The van der Waals surface area contributed by atoms with Crippen LogP contribution < -0.4 is 5.84 Å². The van der Waals surface area contributed by atoms with Crippen molar-refractivity contribution in [2.75, 3.05) is 0 Å². The molecule has 0 fully saturated rings. The summed E-state index contributed by atoms with van der Waals surface area (Å²) in [6, 6.07) is 5.96. The van der Waals surface area contributed by atoms with Gasteiger partial charge in [-0.15, -0.1) is 0 Å². The summed E-state index contributed by atoms with van der Waals surface area (Å²) in [6.07, 6.45) is 3.44.